The van der Waals surface area contributed by atoms with Crippen LogP contribution in [0.1, 0.15) is 35.7 Å². The molecule has 0 bridgehead atoms. The Morgan fingerprint density at radius 2 is 1.84 bits per heavy atom. The minimum Gasteiger partial charge on any atom is -0.454 e. The molecule has 164 valence electrons. The molecule has 0 aliphatic carbocycles. The zero-order valence-electron chi connectivity index (χ0n) is 17.3. The van der Waals surface area contributed by atoms with Crippen LogP contribution in [-0.4, -0.2) is 49.6 Å². The number of nitrogens with zero attached hydrogens (tertiary/aromatic N) is 1. The van der Waals surface area contributed by atoms with Gasteiger partial charge < -0.3 is 10.1 Å². The van der Waals surface area contributed by atoms with Gasteiger partial charge in [0.2, 0.25) is 10.0 Å². The molecule has 9 heteroatoms. The summed E-state index contributed by atoms with van der Waals surface area (Å²) in [4.78, 5) is 36.2. The van der Waals surface area contributed by atoms with Gasteiger partial charge in [0.05, 0.1) is 4.90 Å². The number of carbonyl (C=O) groups is 3. The zero-order valence-corrected chi connectivity index (χ0v) is 18.1. The quantitative estimate of drug-likeness (QED) is 0.519. The maximum absolute atomic E-state index is 12.9. The first-order valence-electron chi connectivity index (χ1n) is 9.84. The Balaban J connectivity index is 1.62. The topological polar surface area (TPSA) is 110 Å². The third-order valence-electron chi connectivity index (χ3n) is 5.00. The Labute approximate surface area is 181 Å². The standard InChI is InChI=1S/C22H24N2O6S/c1-15-8-10-19(11-9-15)31(28,29)24-12-4-7-20(24)22(27)30-14-21(26)23-18-6-3-5-17(13-18)16(2)25/h3,5-6,8-11,13,20H,4,7,12,14H2,1-2H3,(H,23,26)/t20-/m0/s1. The Kier molecular flexibility index (Phi) is 6.87. The maximum atomic E-state index is 12.9. The lowest BCUT2D eigenvalue weighted by molar-refractivity contribution is -0.150. The van der Waals surface area contributed by atoms with Gasteiger partial charge in [-0.05, 0) is 51.0 Å². The van der Waals surface area contributed by atoms with E-state index in [0.717, 1.165) is 9.87 Å². The van der Waals surface area contributed by atoms with Gasteiger partial charge in [0, 0.05) is 17.8 Å². The molecule has 0 unspecified atom stereocenters. The van der Waals surface area contributed by atoms with Gasteiger partial charge in [-0.3, -0.25) is 14.4 Å². The van der Waals surface area contributed by atoms with Gasteiger partial charge in [-0.2, -0.15) is 4.31 Å². The van der Waals surface area contributed by atoms with Crippen molar-refractivity contribution in [2.24, 2.45) is 0 Å². The molecule has 0 radical (unpaired) electrons. The normalized spacial score (nSPS) is 16.6. The number of sulfonamides is 1. The molecule has 31 heavy (non-hydrogen) atoms. The Hall–Kier alpha value is -3.04. The van der Waals surface area contributed by atoms with E-state index in [1.54, 1.807) is 30.3 Å². The summed E-state index contributed by atoms with van der Waals surface area (Å²) in [5.41, 5.74) is 1.77. The lowest BCUT2D eigenvalue weighted by atomic mass is 10.1. The summed E-state index contributed by atoms with van der Waals surface area (Å²) in [7, 11) is -3.85. The second kappa shape index (κ2) is 9.40. The van der Waals surface area contributed by atoms with E-state index >= 15 is 0 Å². The summed E-state index contributed by atoms with van der Waals surface area (Å²) in [6.45, 7) is 2.92. The number of esters is 1. The highest BCUT2D eigenvalue weighted by Gasteiger charge is 2.40. The number of benzene rings is 2. The van der Waals surface area contributed by atoms with Crippen molar-refractivity contribution >= 4 is 33.4 Å². The second-order valence-electron chi connectivity index (χ2n) is 7.38. The number of rotatable bonds is 7. The molecule has 1 aliphatic heterocycles. The molecule has 3 rings (SSSR count). The van der Waals surface area contributed by atoms with Crippen LogP contribution in [0.15, 0.2) is 53.4 Å². The summed E-state index contributed by atoms with van der Waals surface area (Å²) in [6, 6.07) is 11.8. The number of hydrogen-bond donors (Lipinski definition) is 1. The van der Waals surface area contributed by atoms with Crippen LogP contribution < -0.4 is 5.32 Å². The molecule has 1 atom stereocenters. The molecule has 0 saturated carbocycles. The molecule has 0 spiro atoms. The van der Waals surface area contributed by atoms with Crippen molar-refractivity contribution in [3.05, 3.63) is 59.7 Å². The number of nitrogens with one attached hydrogen (secondary N) is 1. The highest BCUT2D eigenvalue weighted by atomic mass is 32.2. The zero-order chi connectivity index (χ0) is 22.6. The number of amides is 1. The number of aryl methyl sites for hydroxylation is 1. The van der Waals surface area contributed by atoms with Crippen molar-refractivity contribution in [2.75, 3.05) is 18.5 Å². The molecule has 1 aliphatic rings. The van der Waals surface area contributed by atoms with E-state index < -0.39 is 34.5 Å². The van der Waals surface area contributed by atoms with Gasteiger partial charge in [-0.25, -0.2) is 8.42 Å². The van der Waals surface area contributed by atoms with Crippen LogP contribution in [0, 0.1) is 6.92 Å². The third-order valence-corrected chi connectivity index (χ3v) is 6.92. The first-order chi connectivity index (χ1) is 14.7. The molecule has 1 heterocycles. The average molecular weight is 445 g/mol. The van der Waals surface area contributed by atoms with Crippen LogP contribution in [0.3, 0.4) is 0 Å². The lowest BCUT2D eigenvalue weighted by Crippen LogP contribution is -2.42. The van der Waals surface area contributed by atoms with E-state index in [1.165, 1.54) is 25.1 Å². The van der Waals surface area contributed by atoms with Gasteiger partial charge in [0.15, 0.2) is 12.4 Å². The molecule has 8 nitrogen and oxygen atoms in total. The van der Waals surface area contributed by atoms with Gasteiger partial charge in [0.25, 0.3) is 5.91 Å². The lowest BCUT2D eigenvalue weighted by Gasteiger charge is -2.22. The predicted molar refractivity (Wildman–Crippen MR) is 114 cm³/mol. The summed E-state index contributed by atoms with van der Waals surface area (Å²) in [5.74, 6) is -1.49. The summed E-state index contributed by atoms with van der Waals surface area (Å²) >= 11 is 0. The second-order valence-corrected chi connectivity index (χ2v) is 9.27. The van der Waals surface area contributed by atoms with Crippen LogP contribution in [0.2, 0.25) is 0 Å². The number of ketones is 1. The number of carbonyl (C=O) groups excluding carboxylic acids is 3. The smallest absolute Gasteiger partial charge is 0.324 e. The minimum atomic E-state index is -3.85. The average Bonchev–Trinajstić information content (AvgIpc) is 3.23. The Morgan fingerprint density at radius 3 is 2.52 bits per heavy atom. The van der Waals surface area contributed by atoms with E-state index in [0.29, 0.717) is 24.1 Å². The number of ether oxygens (including phenoxy) is 1. The van der Waals surface area contributed by atoms with Crippen LogP contribution in [0.5, 0.6) is 0 Å². The van der Waals surface area contributed by atoms with E-state index in [4.69, 9.17) is 4.74 Å². The number of anilines is 1. The Morgan fingerprint density at radius 1 is 1.13 bits per heavy atom. The van der Waals surface area contributed by atoms with Crippen molar-refractivity contribution < 1.29 is 27.5 Å². The van der Waals surface area contributed by atoms with E-state index in [9.17, 15) is 22.8 Å². The summed E-state index contributed by atoms with van der Waals surface area (Å²) in [6.07, 6.45) is 0.848. The van der Waals surface area contributed by atoms with Crippen LogP contribution >= 0.6 is 0 Å². The Bertz CT molecular complexity index is 1100. The minimum absolute atomic E-state index is 0.112. The summed E-state index contributed by atoms with van der Waals surface area (Å²) in [5, 5.41) is 2.56. The molecule has 1 saturated heterocycles. The van der Waals surface area contributed by atoms with Crippen molar-refractivity contribution in [1.82, 2.24) is 4.31 Å². The van der Waals surface area contributed by atoms with Gasteiger partial charge >= 0.3 is 5.97 Å². The van der Waals surface area contributed by atoms with E-state index in [2.05, 4.69) is 5.32 Å². The molecule has 1 N–H and O–H groups in total. The fourth-order valence-electron chi connectivity index (χ4n) is 3.35. The predicted octanol–water partition coefficient (Wildman–Crippen LogP) is 2.53. The van der Waals surface area contributed by atoms with Crippen molar-refractivity contribution in [2.45, 2.75) is 37.6 Å². The van der Waals surface area contributed by atoms with E-state index in [-0.39, 0.29) is 17.2 Å². The molecule has 2 aromatic carbocycles. The largest absolute Gasteiger partial charge is 0.454 e. The highest BCUT2D eigenvalue weighted by Crippen LogP contribution is 2.27. The van der Waals surface area contributed by atoms with Crippen molar-refractivity contribution in [3.8, 4) is 0 Å². The third kappa shape index (κ3) is 5.36. The molecular formula is C22H24N2O6S. The SMILES string of the molecule is CC(=O)c1cccc(NC(=O)COC(=O)[C@@H]2CCCN2S(=O)(=O)c2ccc(C)cc2)c1. The van der Waals surface area contributed by atoms with Gasteiger partial charge in [-0.1, -0.05) is 29.8 Å². The van der Waals surface area contributed by atoms with Crippen molar-refractivity contribution in [1.29, 1.82) is 0 Å². The first kappa shape index (κ1) is 22.6. The monoisotopic (exact) mass is 444 g/mol. The highest BCUT2D eigenvalue weighted by molar-refractivity contribution is 7.89. The maximum Gasteiger partial charge on any atom is 0.324 e. The van der Waals surface area contributed by atoms with Crippen molar-refractivity contribution in [3.63, 3.8) is 0 Å². The fraction of sp³-hybridized carbons (Fsp3) is 0.318. The van der Waals surface area contributed by atoms with Gasteiger partial charge in [0.1, 0.15) is 6.04 Å². The van der Waals surface area contributed by atoms with Gasteiger partial charge in [-0.15, -0.1) is 0 Å². The van der Waals surface area contributed by atoms with Crippen LogP contribution in [0.25, 0.3) is 0 Å². The molecule has 1 fully saturated rings. The number of Topliss-reactive ketones (excluding diaryl/α,β-unsaturated/α-hetero) is 1. The molecule has 1 amide bonds. The summed E-state index contributed by atoms with van der Waals surface area (Å²) < 4.78 is 32.1. The molecule has 0 aromatic heterocycles. The first-order valence-corrected chi connectivity index (χ1v) is 11.3. The van der Waals surface area contributed by atoms with Crippen LogP contribution in [-0.2, 0) is 24.3 Å². The van der Waals surface area contributed by atoms with Crippen LogP contribution in [0.4, 0.5) is 5.69 Å². The van der Waals surface area contributed by atoms with E-state index in [1.807, 2.05) is 6.92 Å². The fourth-order valence-corrected chi connectivity index (χ4v) is 5.00. The number of hydrogen-bond acceptors (Lipinski definition) is 6. The molecule has 2 aromatic rings. The molecular weight excluding hydrogens is 420 g/mol.